The Balaban J connectivity index is 2.52. The van der Waals surface area contributed by atoms with Crippen LogP contribution < -0.4 is 4.90 Å². The number of hydrogen-bond acceptors (Lipinski definition) is 2. The Morgan fingerprint density at radius 1 is 1.50 bits per heavy atom. The zero-order valence-electron chi connectivity index (χ0n) is 11.3. The van der Waals surface area contributed by atoms with Crippen molar-refractivity contribution in [1.29, 1.82) is 0 Å². The molecule has 1 aliphatic heterocycles. The van der Waals surface area contributed by atoms with Gasteiger partial charge in [0.25, 0.3) is 0 Å². The lowest BCUT2D eigenvalue weighted by atomic mass is 9.87. The average Bonchev–Trinajstić information content (AvgIpc) is 2.37. The van der Waals surface area contributed by atoms with Crippen molar-refractivity contribution in [2.75, 3.05) is 4.90 Å². The number of hydrogen-bond donors (Lipinski definition) is 1. The number of anilines is 1. The van der Waals surface area contributed by atoms with Crippen molar-refractivity contribution in [2.24, 2.45) is 0 Å². The third kappa shape index (κ3) is 1.88. The molecule has 0 amide bonds. The molecule has 0 spiro atoms. The van der Waals surface area contributed by atoms with Gasteiger partial charge < -0.3 is 10.0 Å². The van der Waals surface area contributed by atoms with Crippen LogP contribution in [0.15, 0.2) is 24.3 Å². The number of carboxylic acid groups (broad SMARTS) is 1. The predicted molar refractivity (Wildman–Crippen MR) is 73.0 cm³/mol. The van der Waals surface area contributed by atoms with Gasteiger partial charge in [-0.05, 0) is 44.7 Å². The van der Waals surface area contributed by atoms with E-state index in [9.17, 15) is 9.90 Å². The molecule has 0 radical (unpaired) electrons. The predicted octanol–water partition coefficient (Wildman–Crippen LogP) is 3.08. The van der Waals surface area contributed by atoms with Gasteiger partial charge in [-0.2, -0.15) is 0 Å². The number of aryl methyl sites for hydroxylation is 1. The van der Waals surface area contributed by atoms with E-state index in [2.05, 4.69) is 17.9 Å². The fraction of sp³-hybridized carbons (Fsp3) is 0.533. The van der Waals surface area contributed by atoms with E-state index in [0.717, 1.165) is 18.5 Å². The second-order valence-electron chi connectivity index (χ2n) is 5.32. The van der Waals surface area contributed by atoms with Crippen molar-refractivity contribution < 1.29 is 9.90 Å². The smallest absolute Gasteiger partial charge is 0.329 e. The van der Waals surface area contributed by atoms with Gasteiger partial charge in [0.2, 0.25) is 0 Å². The van der Waals surface area contributed by atoms with Crippen LogP contribution in [-0.4, -0.2) is 22.7 Å². The molecule has 0 aromatic heterocycles. The molecule has 0 saturated heterocycles. The number of carboxylic acids is 1. The van der Waals surface area contributed by atoms with Crippen LogP contribution in [-0.2, 0) is 11.2 Å². The minimum atomic E-state index is -0.823. The van der Waals surface area contributed by atoms with Crippen LogP contribution in [0.3, 0.4) is 0 Å². The van der Waals surface area contributed by atoms with Crippen molar-refractivity contribution in [3.8, 4) is 0 Å². The Kier molecular flexibility index (Phi) is 3.33. The van der Waals surface area contributed by atoms with Crippen LogP contribution in [0.25, 0.3) is 0 Å². The van der Waals surface area contributed by atoms with Gasteiger partial charge in [-0.1, -0.05) is 25.1 Å². The highest BCUT2D eigenvalue weighted by Gasteiger charge is 2.42. The molecule has 98 valence electrons. The molecular formula is C15H21NO2. The molecule has 2 atom stereocenters. The van der Waals surface area contributed by atoms with Gasteiger partial charge in [0.05, 0.1) is 0 Å². The van der Waals surface area contributed by atoms with E-state index in [1.807, 2.05) is 32.0 Å². The first-order valence-corrected chi connectivity index (χ1v) is 6.61. The Hall–Kier alpha value is -1.51. The molecule has 1 aliphatic rings. The highest BCUT2D eigenvalue weighted by molar-refractivity contribution is 5.84. The first kappa shape index (κ1) is 12.9. The minimum Gasteiger partial charge on any atom is -0.480 e. The molecule has 1 N–H and O–H groups in total. The summed E-state index contributed by atoms with van der Waals surface area (Å²) in [5, 5.41) is 9.59. The number of fused-ring (bicyclic) bond motifs is 1. The van der Waals surface area contributed by atoms with Crippen molar-refractivity contribution in [3.63, 3.8) is 0 Å². The maximum absolute atomic E-state index is 11.7. The number of benzene rings is 1. The molecule has 3 nitrogen and oxygen atoms in total. The van der Waals surface area contributed by atoms with E-state index in [-0.39, 0.29) is 6.04 Å². The number of nitrogens with zero attached hydrogens (tertiary/aromatic N) is 1. The van der Waals surface area contributed by atoms with E-state index in [1.165, 1.54) is 5.56 Å². The third-order valence-electron chi connectivity index (χ3n) is 4.20. The zero-order chi connectivity index (χ0) is 13.3. The first-order chi connectivity index (χ1) is 8.50. The number of para-hydroxylation sites is 1. The maximum atomic E-state index is 11.7. The average molecular weight is 247 g/mol. The monoisotopic (exact) mass is 247 g/mol. The summed E-state index contributed by atoms with van der Waals surface area (Å²) in [6.45, 7) is 5.89. The Labute approximate surface area is 108 Å². The van der Waals surface area contributed by atoms with Crippen LogP contribution >= 0.6 is 0 Å². The SMILES string of the molecule is CCC(C)(C(=O)O)N1c2ccccc2CCC1C. The Morgan fingerprint density at radius 3 is 2.78 bits per heavy atom. The molecule has 0 aliphatic carbocycles. The number of aliphatic carboxylic acids is 1. The molecule has 0 saturated carbocycles. The van der Waals surface area contributed by atoms with Crippen LogP contribution in [0.5, 0.6) is 0 Å². The van der Waals surface area contributed by atoms with Gasteiger partial charge in [-0.25, -0.2) is 4.79 Å². The van der Waals surface area contributed by atoms with Crippen molar-refractivity contribution in [2.45, 2.75) is 51.6 Å². The number of carbonyl (C=O) groups is 1. The topological polar surface area (TPSA) is 40.5 Å². The Bertz CT molecular complexity index is 458. The molecule has 0 bridgehead atoms. The highest BCUT2D eigenvalue weighted by atomic mass is 16.4. The van der Waals surface area contributed by atoms with E-state index < -0.39 is 11.5 Å². The van der Waals surface area contributed by atoms with Crippen LogP contribution in [0.1, 0.15) is 39.2 Å². The summed E-state index contributed by atoms with van der Waals surface area (Å²) in [5.74, 6) is -0.742. The number of rotatable bonds is 3. The molecule has 1 aromatic carbocycles. The minimum absolute atomic E-state index is 0.265. The van der Waals surface area contributed by atoms with E-state index >= 15 is 0 Å². The van der Waals surface area contributed by atoms with Gasteiger partial charge in [0.1, 0.15) is 5.54 Å². The van der Waals surface area contributed by atoms with Crippen LogP contribution in [0.4, 0.5) is 5.69 Å². The van der Waals surface area contributed by atoms with Crippen molar-refractivity contribution >= 4 is 11.7 Å². The fourth-order valence-electron chi connectivity index (χ4n) is 2.87. The molecule has 2 rings (SSSR count). The fourth-order valence-corrected chi connectivity index (χ4v) is 2.87. The second kappa shape index (κ2) is 4.63. The van der Waals surface area contributed by atoms with Crippen molar-refractivity contribution in [1.82, 2.24) is 0 Å². The standard InChI is InChI=1S/C15H21NO2/c1-4-15(3,14(17)18)16-11(2)9-10-12-7-5-6-8-13(12)16/h5-8,11H,4,9-10H2,1-3H3,(H,17,18). The molecule has 0 fully saturated rings. The van der Waals surface area contributed by atoms with E-state index in [4.69, 9.17) is 0 Å². The van der Waals surface area contributed by atoms with Gasteiger partial charge in [0.15, 0.2) is 0 Å². The summed E-state index contributed by atoms with van der Waals surface area (Å²) in [6.07, 6.45) is 2.65. The molecule has 3 heteroatoms. The third-order valence-corrected chi connectivity index (χ3v) is 4.20. The maximum Gasteiger partial charge on any atom is 0.329 e. The second-order valence-corrected chi connectivity index (χ2v) is 5.32. The lowest BCUT2D eigenvalue weighted by molar-refractivity contribution is -0.143. The van der Waals surface area contributed by atoms with Crippen LogP contribution in [0, 0.1) is 0 Å². The van der Waals surface area contributed by atoms with Gasteiger partial charge in [-0.15, -0.1) is 0 Å². The summed E-state index contributed by atoms with van der Waals surface area (Å²) < 4.78 is 0. The van der Waals surface area contributed by atoms with Crippen molar-refractivity contribution in [3.05, 3.63) is 29.8 Å². The van der Waals surface area contributed by atoms with Gasteiger partial charge in [0, 0.05) is 11.7 Å². The molecule has 1 heterocycles. The summed E-state index contributed by atoms with van der Waals surface area (Å²) in [4.78, 5) is 13.8. The van der Waals surface area contributed by atoms with Gasteiger partial charge in [-0.3, -0.25) is 0 Å². The summed E-state index contributed by atoms with van der Waals surface area (Å²) in [6, 6.07) is 8.42. The molecule has 1 aromatic rings. The quantitative estimate of drug-likeness (QED) is 0.892. The largest absolute Gasteiger partial charge is 0.480 e. The van der Waals surface area contributed by atoms with Gasteiger partial charge >= 0.3 is 5.97 Å². The lowest BCUT2D eigenvalue weighted by Gasteiger charge is -2.46. The lowest BCUT2D eigenvalue weighted by Crippen LogP contribution is -2.57. The zero-order valence-corrected chi connectivity index (χ0v) is 11.3. The highest BCUT2D eigenvalue weighted by Crippen LogP contribution is 2.37. The Morgan fingerprint density at radius 2 is 2.17 bits per heavy atom. The normalized spacial score (nSPS) is 22.2. The van der Waals surface area contributed by atoms with E-state index in [1.54, 1.807) is 0 Å². The summed E-state index contributed by atoms with van der Waals surface area (Å²) in [7, 11) is 0. The first-order valence-electron chi connectivity index (χ1n) is 6.61. The van der Waals surface area contributed by atoms with Crippen LogP contribution in [0.2, 0.25) is 0 Å². The molecule has 2 unspecified atom stereocenters. The molecular weight excluding hydrogens is 226 g/mol. The molecule has 18 heavy (non-hydrogen) atoms. The summed E-state index contributed by atoms with van der Waals surface area (Å²) in [5.41, 5.74) is 1.52. The van der Waals surface area contributed by atoms with E-state index in [0.29, 0.717) is 6.42 Å². The summed E-state index contributed by atoms with van der Waals surface area (Å²) >= 11 is 0.